The minimum absolute atomic E-state index is 0.00315. The monoisotopic (exact) mass is 398 g/mol. The molecule has 0 radical (unpaired) electrons. The van der Waals surface area contributed by atoms with E-state index in [4.69, 9.17) is 4.74 Å². The Morgan fingerprint density at radius 3 is 2.68 bits per heavy atom. The highest BCUT2D eigenvalue weighted by molar-refractivity contribution is 7.15. The highest BCUT2D eigenvalue weighted by Crippen LogP contribution is 2.13. The number of hydrogen-bond donors (Lipinski definition) is 0. The lowest BCUT2D eigenvalue weighted by atomic mass is 10.2. The van der Waals surface area contributed by atoms with Gasteiger partial charge in [0.25, 0.3) is 11.5 Å². The van der Waals surface area contributed by atoms with E-state index in [1.165, 1.54) is 11.3 Å². The molecule has 1 aromatic carbocycles. The van der Waals surface area contributed by atoms with Crippen LogP contribution in [0.4, 0.5) is 0 Å². The van der Waals surface area contributed by atoms with Crippen LogP contribution in [0.3, 0.4) is 0 Å². The summed E-state index contributed by atoms with van der Waals surface area (Å²) in [5, 5.41) is 1.86. The third-order valence-corrected chi connectivity index (χ3v) is 5.61. The van der Waals surface area contributed by atoms with Gasteiger partial charge < -0.3 is 9.64 Å². The number of aromatic nitrogens is 2. The van der Waals surface area contributed by atoms with E-state index in [1.54, 1.807) is 16.7 Å². The minimum Gasteiger partial charge on any atom is -0.484 e. The van der Waals surface area contributed by atoms with Crippen molar-refractivity contribution in [2.75, 3.05) is 32.8 Å². The predicted molar refractivity (Wildman–Crippen MR) is 108 cm³/mol. The number of benzene rings is 1. The lowest BCUT2D eigenvalue weighted by molar-refractivity contribution is -0.135. The van der Waals surface area contributed by atoms with Crippen LogP contribution < -0.4 is 10.3 Å². The topological polar surface area (TPSA) is 67.2 Å². The van der Waals surface area contributed by atoms with Gasteiger partial charge in [-0.15, -0.1) is 11.3 Å². The van der Waals surface area contributed by atoms with Crippen LogP contribution >= 0.6 is 11.3 Å². The molecule has 1 aliphatic heterocycles. The lowest BCUT2D eigenvalue weighted by Gasteiger charge is -2.34. The van der Waals surface area contributed by atoms with Crippen LogP contribution in [0, 0.1) is 6.92 Å². The van der Waals surface area contributed by atoms with E-state index in [0.717, 1.165) is 24.3 Å². The first-order chi connectivity index (χ1) is 13.6. The summed E-state index contributed by atoms with van der Waals surface area (Å²) >= 11 is 1.45. The average molecular weight is 398 g/mol. The van der Waals surface area contributed by atoms with Gasteiger partial charge in [-0.05, 0) is 19.1 Å². The molecule has 146 valence electrons. The van der Waals surface area contributed by atoms with Crippen LogP contribution in [0.1, 0.15) is 11.3 Å². The van der Waals surface area contributed by atoms with Gasteiger partial charge in [0.1, 0.15) is 5.75 Å². The number of ether oxygens (including phenoxy) is 1. The minimum atomic E-state index is -0.0525. The molecule has 1 fully saturated rings. The van der Waals surface area contributed by atoms with Crippen molar-refractivity contribution in [2.45, 2.75) is 13.5 Å². The second-order valence-electron chi connectivity index (χ2n) is 6.90. The molecule has 0 unspecified atom stereocenters. The van der Waals surface area contributed by atoms with Gasteiger partial charge in [0, 0.05) is 50.4 Å². The standard InChI is InChI=1S/C20H22N4O3S/c1-15-2-4-17(5-3-15)27-14-19(26)23-8-6-22(7-9-23)13-16-12-18(25)24-10-11-28-20(24)21-16/h2-5,10-12H,6-9,13-14H2,1H3. The molecule has 3 aromatic rings. The van der Waals surface area contributed by atoms with E-state index in [-0.39, 0.29) is 18.1 Å². The Labute approximate surface area is 166 Å². The van der Waals surface area contributed by atoms with Crippen molar-refractivity contribution in [1.29, 1.82) is 0 Å². The zero-order valence-electron chi connectivity index (χ0n) is 15.7. The zero-order chi connectivity index (χ0) is 19.5. The number of hydrogen-bond acceptors (Lipinski definition) is 6. The Balaban J connectivity index is 1.28. The van der Waals surface area contributed by atoms with E-state index in [2.05, 4.69) is 9.88 Å². The number of carbonyl (C=O) groups is 1. The summed E-state index contributed by atoms with van der Waals surface area (Å²) in [7, 11) is 0. The van der Waals surface area contributed by atoms with Gasteiger partial charge in [-0.25, -0.2) is 4.98 Å². The fraction of sp³-hybridized carbons (Fsp3) is 0.350. The molecule has 28 heavy (non-hydrogen) atoms. The molecule has 8 heteroatoms. The highest BCUT2D eigenvalue weighted by Gasteiger charge is 2.22. The molecule has 4 rings (SSSR count). The molecule has 1 aliphatic rings. The van der Waals surface area contributed by atoms with Gasteiger partial charge in [-0.1, -0.05) is 17.7 Å². The molecule has 0 atom stereocenters. The van der Waals surface area contributed by atoms with Crippen molar-refractivity contribution < 1.29 is 9.53 Å². The van der Waals surface area contributed by atoms with Crippen LogP contribution in [-0.2, 0) is 11.3 Å². The fourth-order valence-corrected chi connectivity index (χ4v) is 3.96. The van der Waals surface area contributed by atoms with Gasteiger partial charge in [0.15, 0.2) is 11.6 Å². The Hall–Kier alpha value is -2.71. The van der Waals surface area contributed by atoms with Gasteiger partial charge in [0.2, 0.25) is 0 Å². The number of aryl methyl sites for hydroxylation is 1. The third-order valence-electron chi connectivity index (χ3n) is 4.85. The number of thiazole rings is 1. The summed E-state index contributed by atoms with van der Waals surface area (Å²) in [5.74, 6) is 0.704. The van der Waals surface area contributed by atoms with Gasteiger partial charge in [0.05, 0.1) is 5.69 Å². The Bertz CT molecular complexity index is 1020. The Morgan fingerprint density at radius 2 is 1.93 bits per heavy atom. The third kappa shape index (κ3) is 4.23. The maximum Gasteiger partial charge on any atom is 0.260 e. The number of rotatable bonds is 5. The molecule has 0 aliphatic carbocycles. The van der Waals surface area contributed by atoms with Crippen LogP contribution in [-0.4, -0.2) is 57.9 Å². The first kappa shape index (κ1) is 18.6. The van der Waals surface area contributed by atoms with Crippen molar-refractivity contribution in [2.24, 2.45) is 0 Å². The smallest absolute Gasteiger partial charge is 0.260 e. The normalized spacial score (nSPS) is 15.1. The van der Waals surface area contributed by atoms with Crippen LogP contribution in [0.25, 0.3) is 4.96 Å². The van der Waals surface area contributed by atoms with Crippen molar-refractivity contribution >= 4 is 22.2 Å². The van der Waals surface area contributed by atoms with Crippen molar-refractivity contribution in [3.63, 3.8) is 0 Å². The van der Waals surface area contributed by atoms with E-state index >= 15 is 0 Å². The fourth-order valence-electron chi connectivity index (χ4n) is 3.22. The molecular weight excluding hydrogens is 376 g/mol. The number of nitrogens with zero attached hydrogens (tertiary/aromatic N) is 4. The molecule has 2 aromatic heterocycles. The molecule has 3 heterocycles. The largest absolute Gasteiger partial charge is 0.484 e. The summed E-state index contributed by atoms with van der Waals surface area (Å²) in [6, 6.07) is 9.27. The molecule has 0 saturated carbocycles. The summed E-state index contributed by atoms with van der Waals surface area (Å²) in [6.07, 6.45) is 1.74. The van der Waals surface area contributed by atoms with Crippen LogP contribution in [0.15, 0.2) is 46.7 Å². The summed E-state index contributed by atoms with van der Waals surface area (Å²) in [4.78, 5) is 33.8. The molecule has 7 nitrogen and oxygen atoms in total. The maximum atomic E-state index is 12.4. The first-order valence-electron chi connectivity index (χ1n) is 9.24. The molecular formula is C20H22N4O3S. The summed E-state index contributed by atoms with van der Waals surface area (Å²) in [5.41, 5.74) is 1.88. The number of fused-ring (bicyclic) bond motifs is 1. The van der Waals surface area contributed by atoms with Gasteiger partial charge >= 0.3 is 0 Å². The number of piperazine rings is 1. The quantitative estimate of drug-likeness (QED) is 0.656. The molecule has 1 amide bonds. The predicted octanol–water partition coefficient (Wildman–Crippen LogP) is 1.79. The van der Waals surface area contributed by atoms with E-state index in [1.807, 2.05) is 41.5 Å². The second kappa shape index (κ2) is 8.12. The maximum absolute atomic E-state index is 12.4. The number of amides is 1. The van der Waals surface area contributed by atoms with Gasteiger partial charge in [-0.2, -0.15) is 0 Å². The van der Waals surface area contributed by atoms with E-state index in [0.29, 0.717) is 30.3 Å². The average Bonchev–Trinajstić information content (AvgIpc) is 3.17. The molecule has 0 N–H and O–H groups in total. The van der Waals surface area contributed by atoms with Crippen molar-refractivity contribution in [3.05, 3.63) is 63.5 Å². The molecule has 1 saturated heterocycles. The second-order valence-corrected chi connectivity index (χ2v) is 7.77. The van der Waals surface area contributed by atoms with Crippen molar-refractivity contribution in [3.8, 4) is 5.75 Å². The Kier molecular flexibility index (Phi) is 5.40. The zero-order valence-corrected chi connectivity index (χ0v) is 16.5. The van der Waals surface area contributed by atoms with E-state index < -0.39 is 0 Å². The summed E-state index contributed by atoms with van der Waals surface area (Å²) in [6.45, 7) is 5.48. The van der Waals surface area contributed by atoms with Crippen LogP contribution in [0.2, 0.25) is 0 Å². The SMILES string of the molecule is Cc1ccc(OCC(=O)N2CCN(Cc3cc(=O)n4ccsc4n3)CC2)cc1. The van der Waals surface area contributed by atoms with Gasteiger partial charge in [-0.3, -0.25) is 18.9 Å². The summed E-state index contributed by atoms with van der Waals surface area (Å²) < 4.78 is 7.15. The van der Waals surface area contributed by atoms with E-state index in [9.17, 15) is 9.59 Å². The highest BCUT2D eigenvalue weighted by atomic mass is 32.1. The first-order valence-corrected chi connectivity index (χ1v) is 10.1. The molecule has 0 spiro atoms. The molecule has 0 bridgehead atoms. The van der Waals surface area contributed by atoms with Crippen molar-refractivity contribution in [1.82, 2.24) is 19.2 Å². The number of carbonyl (C=O) groups excluding carboxylic acids is 1. The Morgan fingerprint density at radius 1 is 1.18 bits per heavy atom. The van der Waals surface area contributed by atoms with Crippen LogP contribution in [0.5, 0.6) is 5.75 Å². The lowest BCUT2D eigenvalue weighted by Crippen LogP contribution is -2.49.